The van der Waals surface area contributed by atoms with E-state index in [1.165, 1.54) is 14.0 Å². The van der Waals surface area contributed by atoms with Crippen LogP contribution in [0, 0.1) is 0 Å². The molecule has 2 heterocycles. The summed E-state index contributed by atoms with van der Waals surface area (Å²) in [4.78, 5) is 11.3. The van der Waals surface area contributed by atoms with Gasteiger partial charge in [0.15, 0.2) is 18.7 Å². The zero-order chi connectivity index (χ0) is 16.4. The predicted octanol–water partition coefficient (Wildman–Crippen LogP) is 0.764. The van der Waals surface area contributed by atoms with Crippen LogP contribution in [0.1, 0.15) is 18.8 Å². The Morgan fingerprint density at radius 1 is 1.26 bits per heavy atom. The van der Waals surface area contributed by atoms with E-state index in [1.54, 1.807) is 0 Å². The van der Waals surface area contributed by atoms with Crippen molar-refractivity contribution in [2.24, 2.45) is 0 Å². The molecule has 1 aromatic carbocycles. The molecular weight excluding hydrogens is 304 g/mol. The van der Waals surface area contributed by atoms with Gasteiger partial charge < -0.3 is 28.8 Å². The molecule has 0 saturated carbocycles. The SMILES string of the molecule is CO[C@H]1O[C@@H]2CO[C@@H](c3ccccc3)O[C@H]2[C@@H](O)[C@H]1OC(C)=O. The van der Waals surface area contributed by atoms with Crippen LogP contribution in [-0.2, 0) is 28.5 Å². The number of aliphatic hydroxyl groups is 1. The summed E-state index contributed by atoms with van der Waals surface area (Å²) in [6, 6.07) is 9.41. The summed E-state index contributed by atoms with van der Waals surface area (Å²) in [6.45, 7) is 1.51. The Bertz CT molecular complexity index is 534. The van der Waals surface area contributed by atoms with Gasteiger partial charge >= 0.3 is 5.97 Å². The maximum atomic E-state index is 11.3. The van der Waals surface area contributed by atoms with Crippen molar-refractivity contribution in [1.82, 2.24) is 0 Å². The van der Waals surface area contributed by atoms with E-state index in [2.05, 4.69) is 0 Å². The molecule has 7 nitrogen and oxygen atoms in total. The smallest absolute Gasteiger partial charge is 0.303 e. The van der Waals surface area contributed by atoms with E-state index in [0.29, 0.717) is 0 Å². The number of esters is 1. The van der Waals surface area contributed by atoms with E-state index in [0.717, 1.165) is 5.56 Å². The summed E-state index contributed by atoms with van der Waals surface area (Å²) in [5.41, 5.74) is 0.844. The van der Waals surface area contributed by atoms with Crippen molar-refractivity contribution in [3.05, 3.63) is 35.9 Å². The van der Waals surface area contributed by atoms with Crippen LogP contribution in [0.4, 0.5) is 0 Å². The molecule has 1 aromatic rings. The number of benzene rings is 1. The molecule has 0 bridgehead atoms. The molecule has 2 fully saturated rings. The number of methoxy groups -OCH3 is 1. The summed E-state index contributed by atoms with van der Waals surface area (Å²) in [6.07, 6.45) is -4.67. The normalized spacial score (nSPS) is 37.0. The highest BCUT2D eigenvalue weighted by Gasteiger charge is 2.51. The number of hydrogen-bond donors (Lipinski definition) is 1. The van der Waals surface area contributed by atoms with Crippen LogP contribution < -0.4 is 0 Å². The lowest BCUT2D eigenvalue weighted by molar-refractivity contribution is -0.358. The highest BCUT2D eigenvalue weighted by Crippen LogP contribution is 2.35. The van der Waals surface area contributed by atoms with Crippen molar-refractivity contribution < 1.29 is 33.6 Å². The fourth-order valence-electron chi connectivity index (χ4n) is 2.85. The molecule has 1 N–H and O–H groups in total. The Balaban J connectivity index is 1.76. The molecule has 126 valence electrons. The van der Waals surface area contributed by atoms with Gasteiger partial charge in [0.05, 0.1) is 6.61 Å². The number of carbonyl (C=O) groups is 1. The van der Waals surface area contributed by atoms with E-state index in [9.17, 15) is 9.90 Å². The van der Waals surface area contributed by atoms with Crippen LogP contribution in [0.25, 0.3) is 0 Å². The minimum Gasteiger partial charge on any atom is -0.454 e. The standard InChI is InChI=1S/C16H20O7/c1-9(17)21-14-12(18)13-11(22-16(14)19-2)8-20-15(23-13)10-6-4-3-5-7-10/h3-7,11-16,18H,8H2,1-2H3/t11-,12-,13-,14-,15-,16+/m1/s1. The van der Waals surface area contributed by atoms with Gasteiger partial charge in [0, 0.05) is 19.6 Å². The minimum atomic E-state index is -1.07. The zero-order valence-corrected chi connectivity index (χ0v) is 13.0. The van der Waals surface area contributed by atoms with Gasteiger partial charge in [0.2, 0.25) is 0 Å². The quantitative estimate of drug-likeness (QED) is 0.822. The molecule has 0 aromatic heterocycles. The highest BCUT2D eigenvalue weighted by molar-refractivity contribution is 5.66. The van der Waals surface area contributed by atoms with Crippen LogP contribution in [-0.4, -0.2) is 55.5 Å². The Morgan fingerprint density at radius 3 is 2.65 bits per heavy atom. The molecule has 6 atom stereocenters. The molecule has 0 radical (unpaired) electrons. The van der Waals surface area contributed by atoms with E-state index in [4.69, 9.17) is 23.7 Å². The summed E-state index contributed by atoms with van der Waals surface area (Å²) in [5, 5.41) is 10.6. The maximum Gasteiger partial charge on any atom is 0.303 e. The molecule has 0 unspecified atom stereocenters. The molecule has 0 aliphatic carbocycles. The lowest BCUT2D eigenvalue weighted by atomic mass is 9.97. The van der Waals surface area contributed by atoms with Gasteiger partial charge in [-0.25, -0.2) is 0 Å². The van der Waals surface area contributed by atoms with Crippen molar-refractivity contribution in [2.75, 3.05) is 13.7 Å². The highest BCUT2D eigenvalue weighted by atomic mass is 16.8. The molecule has 2 saturated heterocycles. The number of aliphatic hydroxyl groups excluding tert-OH is 1. The van der Waals surface area contributed by atoms with Crippen LogP contribution in [0.3, 0.4) is 0 Å². The lowest BCUT2D eigenvalue weighted by Gasteiger charge is -2.46. The number of rotatable bonds is 3. The predicted molar refractivity (Wildman–Crippen MR) is 77.2 cm³/mol. The first-order valence-electron chi connectivity index (χ1n) is 7.45. The first-order valence-corrected chi connectivity index (χ1v) is 7.45. The third-order valence-corrected chi connectivity index (χ3v) is 3.92. The Kier molecular flexibility index (Phi) is 4.93. The van der Waals surface area contributed by atoms with Crippen LogP contribution >= 0.6 is 0 Å². The number of carbonyl (C=O) groups excluding carboxylic acids is 1. The average Bonchev–Trinajstić information content (AvgIpc) is 2.57. The van der Waals surface area contributed by atoms with Crippen molar-refractivity contribution in [3.8, 4) is 0 Å². The molecule has 2 aliphatic heterocycles. The Morgan fingerprint density at radius 2 is 2.00 bits per heavy atom. The molecule has 2 aliphatic rings. The van der Waals surface area contributed by atoms with E-state index >= 15 is 0 Å². The van der Waals surface area contributed by atoms with E-state index in [1.807, 2.05) is 30.3 Å². The Labute approximate surface area is 134 Å². The van der Waals surface area contributed by atoms with Gasteiger partial charge in [-0.2, -0.15) is 0 Å². The molecule has 0 amide bonds. The summed E-state index contributed by atoms with van der Waals surface area (Å²) >= 11 is 0. The third-order valence-electron chi connectivity index (χ3n) is 3.92. The number of hydrogen-bond acceptors (Lipinski definition) is 7. The van der Waals surface area contributed by atoms with Crippen molar-refractivity contribution >= 4 is 5.97 Å². The van der Waals surface area contributed by atoms with Gasteiger partial charge in [-0.1, -0.05) is 30.3 Å². The first kappa shape index (κ1) is 16.4. The molecule has 0 spiro atoms. The minimum absolute atomic E-state index is 0.244. The summed E-state index contributed by atoms with van der Waals surface area (Å²) in [5.74, 6) is -0.523. The van der Waals surface area contributed by atoms with E-state index < -0.39 is 43.0 Å². The Hall–Kier alpha value is -1.51. The molecule has 23 heavy (non-hydrogen) atoms. The van der Waals surface area contributed by atoms with Crippen molar-refractivity contribution in [1.29, 1.82) is 0 Å². The second kappa shape index (κ2) is 6.94. The topological polar surface area (TPSA) is 83.5 Å². The first-order chi connectivity index (χ1) is 11.1. The second-order valence-corrected chi connectivity index (χ2v) is 5.52. The van der Waals surface area contributed by atoms with Gasteiger partial charge in [-0.15, -0.1) is 0 Å². The summed E-state index contributed by atoms with van der Waals surface area (Å²) in [7, 11) is 1.42. The second-order valence-electron chi connectivity index (χ2n) is 5.52. The van der Waals surface area contributed by atoms with Crippen LogP contribution in [0.15, 0.2) is 30.3 Å². The van der Waals surface area contributed by atoms with Crippen molar-refractivity contribution in [3.63, 3.8) is 0 Å². The van der Waals surface area contributed by atoms with Gasteiger partial charge in [0.25, 0.3) is 0 Å². The number of fused-ring (bicyclic) bond motifs is 1. The molecular formula is C16H20O7. The zero-order valence-electron chi connectivity index (χ0n) is 13.0. The fourth-order valence-corrected chi connectivity index (χ4v) is 2.85. The van der Waals surface area contributed by atoms with Crippen LogP contribution in [0.2, 0.25) is 0 Å². The molecule has 3 rings (SSSR count). The monoisotopic (exact) mass is 324 g/mol. The largest absolute Gasteiger partial charge is 0.454 e. The fraction of sp³-hybridized carbons (Fsp3) is 0.562. The van der Waals surface area contributed by atoms with Crippen LogP contribution in [0.5, 0.6) is 0 Å². The average molecular weight is 324 g/mol. The van der Waals surface area contributed by atoms with E-state index in [-0.39, 0.29) is 6.61 Å². The van der Waals surface area contributed by atoms with Gasteiger partial charge in [-0.3, -0.25) is 4.79 Å². The maximum absolute atomic E-state index is 11.3. The third kappa shape index (κ3) is 3.39. The number of ether oxygens (including phenoxy) is 5. The summed E-state index contributed by atoms with van der Waals surface area (Å²) < 4.78 is 27.5. The van der Waals surface area contributed by atoms with Gasteiger partial charge in [0.1, 0.15) is 18.3 Å². The molecule has 7 heteroatoms. The van der Waals surface area contributed by atoms with Gasteiger partial charge in [-0.05, 0) is 0 Å². The van der Waals surface area contributed by atoms with Crippen molar-refractivity contribution in [2.45, 2.75) is 43.9 Å². The lowest BCUT2D eigenvalue weighted by Crippen LogP contribution is -2.63.